The number of fused-ring (bicyclic) bond motifs is 1. The van der Waals surface area contributed by atoms with E-state index in [9.17, 15) is 4.79 Å². The molecule has 7 heteroatoms. The van der Waals surface area contributed by atoms with Crippen molar-refractivity contribution in [2.75, 3.05) is 5.32 Å². The zero-order valence-electron chi connectivity index (χ0n) is 15.8. The van der Waals surface area contributed by atoms with Crippen molar-refractivity contribution < 1.29 is 4.79 Å². The number of carbonyl (C=O) groups is 1. The van der Waals surface area contributed by atoms with Crippen molar-refractivity contribution in [3.8, 4) is 0 Å². The van der Waals surface area contributed by atoms with Gasteiger partial charge in [0.2, 0.25) is 0 Å². The van der Waals surface area contributed by atoms with E-state index in [2.05, 4.69) is 29.2 Å². The maximum atomic E-state index is 13.1. The molecule has 3 heterocycles. The molecule has 1 aliphatic carbocycles. The molecule has 0 unspecified atom stereocenters. The van der Waals surface area contributed by atoms with Crippen molar-refractivity contribution in [1.82, 2.24) is 19.7 Å². The molecule has 3 aromatic rings. The third-order valence-corrected chi connectivity index (χ3v) is 5.82. The maximum absolute atomic E-state index is 13.1. The molecule has 0 aromatic carbocycles. The highest BCUT2D eigenvalue weighted by atomic mass is 32.1. The molecule has 0 bridgehead atoms. The fourth-order valence-corrected chi connectivity index (χ4v) is 3.96. The number of nitrogens with one attached hydrogen (secondary N) is 1. The summed E-state index contributed by atoms with van der Waals surface area (Å²) >= 11 is 1.50. The second-order valence-corrected chi connectivity index (χ2v) is 8.51. The summed E-state index contributed by atoms with van der Waals surface area (Å²) in [5, 5.41) is 9.08. The molecule has 0 saturated heterocycles. The van der Waals surface area contributed by atoms with E-state index >= 15 is 0 Å². The van der Waals surface area contributed by atoms with E-state index in [0.29, 0.717) is 16.6 Å². The topological polar surface area (TPSA) is 72.7 Å². The van der Waals surface area contributed by atoms with Crippen LogP contribution in [-0.2, 0) is 0 Å². The number of aryl methyl sites for hydroxylation is 3. The Labute approximate surface area is 156 Å². The van der Waals surface area contributed by atoms with E-state index < -0.39 is 0 Å². The summed E-state index contributed by atoms with van der Waals surface area (Å²) in [7, 11) is 0. The van der Waals surface area contributed by atoms with Crippen LogP contribution < -0.4 is 5.32 Å². The Morgan fingerprint density at radius 3 is 2.54 bits per heavy atom. The Morgan fingerprint density at radius 1 is 1.23 bits per heavy atom. The van der Waals surface area contributed by atoms with Gasteiger partial charge in [0.1, 0.15) is 0 Å². The van der Waals surface area contributed by atoms with Crippen molar-refractivity contribution in [3.63, 3.8) is 0 Å². The summed E-state index contributed by atoms with van der Waals surface area (Å²) in [6.45, 7) is 10.1. The summed E-state index contributed by atoms with van der Waals surface area (Å²) in [6, 6.07) is 2.13. The Balaban J connectivity index is 1.83. The van der Waals surface area contributed by atoms with Crippen molar-refractivity contribution in [2.45, 2.75) is 59.4 Å². The number of aromatic nitrogens is 4. The Morgan fingerprint density at radius 2 is 1.96 bits per heavy atom. The number of carbonyl (C=O) groups excluding carboxylic acids is 1. The number of thiazole rings is 1. The number of amides is 1. The van der Waals surface area contributed by atoms with Crippen LogP contribution >= 0.6 is 11.3 Å². The molecule has 6 nitrogen and oxygen atoms in total. The summed E-state index contributed by atoms with van der Waals surface area (Å²) in [4.78, 5) is 23.5. The highest BCUT2D eigenvalue weighted by Gasteiger charge is 2.29. The minimum Gasteiger partial charge on any atom is -0.298 e. The fraction of sp³-hybridized carbons (Fsp3) is 0.474. The van der Waals surface area contributed by atoms with Crippen LogP contribution in [0.1, 0.15) is 71.0 Å². The lowest BCUT2D eigenvalue weighted by Crippen LogP contribution is -2.14. The summed E-state index contributed by atoms with van der Waals surface area (Å²) < 4.78 is 1.92. The molecule has 26 heavy (non-hydrogen) atoms. The molecule has 1 fully saturated rings. The highest BCUT2D eigenvalue weighted by Crippen LogP contribution is 2.40. The SMILES string of the molecule is Cc1nc(NC(=O)c2cc(C3CC3)nc3c2c(C)nn3C(C)C)sc1C. The minimum atomic E-state index is -0.139. The molecule has 3 aromatic heterocycles. The quantitative estimate of drug-likeness (QED) is 0.734. The molecular weight excluding hydrogens is 346 g/mol. The standard InChI is InChI=1S/C19H23N5OS/c1-9(2)24-17-16(11(4)23-24)14(8-15(21-17)13-6-7-13)18(25)22-19-20-10(3)12(5)26-19/h8-9,13H,6-7H2,1-5H3,(H,20,22,25). The first-order valence-electron chi connectivity index (χ1n) is 9.00. The van der Waals surface area contributed by atoms with Crippen LogP contribution in [-0.4, -0.2) is 25.7 Å². The van der Waals surface area contributed by atoms with Gasteiger partial charge >= 0.3 is 0 Å². The second kappa shape index (κ2) is 6.16. The van der Waals surface area contributed by atoms with E-state index in [-0.39, 0.29) is 11.9 Å². The number of rotatable bonds is 4. The number of hydrogen-bond acceptors (Lipinski definition) is 5. The van der Waals surface area contributed by atoms with E-state index in [1.807, 2.05) is 31.5 Å². The number of nitrogens with zero attached hydrogens (tertiary/aromatic N) is 4. The van der Waals surface area contributed by atoms with Gasteiger partial charge < -0.3 is 0 Å². The lowest BCUT2D eigenvalue weighted by molar-refractivity contribution is 0.102. The van der Waals surface area contributed by atoms with Gasteiger partial charge in [-0.2, -0.15) is 5.10 Å². The van der Waals surface area contributed by atoms with Gasteiger partial charge in [0, 0.05) is 22.5 Å². The minimum absolute atomic E-state index is 0.139. The van der Waals surface area contributed by atoms with Gasteiger partial charge in [0.05, 0.1) is 22.3 Å². The third kappa shape index (κ3) is 2.90. The van der Waals surface area contributed by atoms with Crippen molar-refractivity contribution in [1.29, 1.82) is 0 Å². The smallest absolute Gasteiger partial charge is 0.258 e. The summed E-state index contributed by atoms with van der Waals surface area (Å²) in [6.07, 6.45) is 2.28. The van der Waals surface area contributed by atoms with E-state index in [1.165, 1.54) is 11.3 Å². The molecule has 0 spiro atoms. The highest BCUT2D eigenvalue weighted by molar-refractivity contribution is 7.15. The average molecular weight is 369 g/mol. The van der Waals surface area contributed by atoms with Gasteiger partial charge in [-0.1, -0.05) is 0 Å². The van der Waals surface area contributed by atoms with Crippen LogP contribution in [0.5, 0.6) is 0 Å². The third-order valence-electron chi connectivity index (χ3n) is 4.84. The van der Waals surface area contributed by atoms with Crippen LogP contribution in [0.3, 0.4) is 0 Å². The molecule has 1 amide bonds. The van der Waals surface area contributed by atoms with Gasteiger partial charge in [-0.25, -0.2) is 14.6 Å². The molecular formula is C19H23N5OS. The largest absolute Gasteiger partial charge is 0.298 e. The normalized spacial score (nSPS) is 14.4. The molecule has 0 atom stereocenters. The molecule has 0 aliphatic heterocycles. The lowest BCUT2D eigenvalue weighted by atomic mass is 10.1. The molecule has 1 aliphatic rings. The zero-order chi connectivity index (χ0) is 18.6. The average Bonchev–Trinajstić information content (AvgIpc) is 3.31. The van der Waals surface area contributed by atoms with E-state index in [0.717, 1.165) is 45.8 Å². The van der Waals surface area contributed by atoms with Crippen LogP contribution in [0.4, 0.5) is 5.13 Å². The number of anilines is 1. The Bertz CT molecular complexity index is 993. The van der Waals surface area contributed by atoms with Gasteiger partial charge in [0.25, 0.3) is 5.91 Å². The summed E-state index contributed by atoms with van der Waals surface area (Å²) in [5.41, 5.74) is 4.23. The van der Waals surface area contributed by atoms with Gasteiger partial charge in [0.15, 0.2) is 10.8 Å². The van der Waals surface area contributed by atoms with Gasteiger partial charge in [-0.3, -0.25) is 10.1 Å². The predicted molar refractivity (Wildman–Crippen MR) is 104 cm³/mol. The molecule has 1 saturated carbocycles. The number of hydrogen-bond donors (Lipinski definition) is 1. The van der Waals surface area contributed by atoms with Gasteiger partial charge in [-0.15, -0.1) is 11.3 Å². The summed E-state index contributed by atoms with van der Waals surface area (Å²) in [5.74, 6) is 0.325. The van der Waals surface area contributed by atoms with Crippen molar-refractivity contribution in [3.05, 3.63) is 33.6 Å². The molecule has 0 radical (unpaired) electrons. The van der Waals surface area contributed by atoms with Crippen molar-refractivity contribution >= 4 is 33.4 Å². The zero-order valence-corrected chi connectivity index (χ0v) is 16.6. The van der Waals surface area contributed by atoms with E-state index in [1.54, 1.807) is 0 Å². The first-order valence-corrected chi connectivity index (χ1v) is 9.82. The monoisotopic (exact) mass is 369 g/mol. The van der Waals surface area contributed by atoms with Crippen molar-refractivity contribution in [2.24, 2.45) is 0 Å². The number of pyridine rings is 1. The Hall–Kier alpha value is -2.28. The molecule has 136 valence electrons. The van der Waals surface area contributed by atoms with Crippen LogP contribution in [0.25, 0.3) is 11.0 Å². The van der Waals surface area contributed by atoms with Crippen LogP contribution in [0.15, 0.2) is 6.07 Å². The second-order valence-electron chi connectivity index (χ2n) is 7.31. The Kier molecular flexibility index (Phi) is 4.06. The maximum Gasteiger partial charge on any atom is 0.258 e. The van der Waals surface area contributed by atoms with Crippen LogP contribution in [0.2, 0.25) is 0 Å². The molecule has 4 rings (SSSR count). The molecule has 1 N–H and O–H groups in total. The van der Waals surface area contributed by atoms with Crippen LogP contribution in [0, 0.1) is 20.8 Å². The fourth-order valence-electron chi connectivity index (χ4n) is 3.15. The first-order chi connectivity index (χ1) is 12.3. The van der Waals surface area contributed by atoms with Gasteiger partial charge in [-0.05, 0) is 53.5 Å². The van der Waals surface area contributed by atoms with E-state index in [4.69, 9.17) is 4.98 Å². The first kappa shape index (κ1) is 17.1. The lowest BCUT2D eigenvalue weighted by Gasteiger charge is -2.10. The predicted octanol–water partition coefficient (Wildman–Crippen LogP) is 4.52.